The second kappa shape index (κ2) is 10.8. The van der Waals surface area contributed by atoms with E-state index in [0.717, 1.165) is 0 Å². The summed E-state index contributed by atoms with van der Waals surface area (Å²) in [4.78, 5) is 42.7. The first-order chi connectivity index (χ1) is 15.4. The molecule has 2 saturated heterocycles. The summed E-state index contributed by atoms with van der Waals surface area (Å²) in [7, 11) is 0. The zero-order chi connectivity index (χ0) is 24.9. The van der Waals surface area contributed by atoms with Crippen molar-refractivity contribution in [1.82, 2.24) is 15.7 Å². The Kier molecular flexibility index (Phi) is 8.81. The van der Waals surface area contributed by atoms with Crippen LogP contribution < -0.4 is 10.6 Å². The van der Waals surface area contributed by atoms with E-state index < -0.39 is 34.8 Å². The van der Waals surface area contributed by atoms with Gasteiger partial charge in [0.05, 0.1) is 6.61 Å². The molecule has 0 aromatic rings. The van der Waals surface area contributed by atoms with Crippen LogP contribution in [0.15, 0.2) is 25.3 Å². The Labute approximate surface area is 195 Å². The van der Waals surface area contributed by atoms with E-state index in [9.17, 15) is 14.4 Å². The van der Waals surface area contributed by atoms with Gasteiger partial charge in [-0.15, -0.1) is 13.2 Å². The van der Waals surface area contributed by atoms with Gasteiger partial charge in [0, 0.05) is 43.9 Å². The summed E-state index contributed by atoms with van der Waals surface area (Å²) in [6, 6.07) is 0. The maximum atomic E-state index is 12.7. The van der Waals surface area contributed by atoms with Gasteiger partial charge in [0.1, 0.15) is 12.7 Å². The van der Waals surface area contributed by atoms with E-state index in [4.69, 9.17) is 19.0 Å². The van der Waals surface area contributed by atoms with Crippen LogP contribution in [0.25, 0.3) is 0 Å². The number of ether oxygens (including phenoxy) is 3. The van der Waals surface area contributed by atoms with Gasteiger partial charge in [-0.1, -0.05) is 12.2 Å². The highest BCUT2D eigenvalue weighted by Crippen LogP contribution is 2.48. The molecule has 2 heterocycles. The van der Waals surface area contributed by atoms with Gasteiger partial charge in [-0.05, 0) is 27.7 Å². The molecule has 1 spiro atoms. The summed E-state index contributed by atoms with van der Waals surface area (Å²) in [5, 5.41) is 6.93. The first kappa shape index (κ1) is 27.0. The van der Waals surface area contributed by atoms with Crippen LogP contribution in [-0.4, -0.2) is 78.2 Å². The summed E-state index contributed by atoms with van der Waals surface area (Å²) < 4.78 is 17.4. The van der Waals surface area contributed by atoms with E-state index >= 15 is 0 Å². The quantitative estimate of drug-likeness (QED) is 0.280. The van der Waals surface area contributed by atoms with Crippen LogP contribution in [0.1, 0.15) is 47.5 Å². The van der Waals surface area contributed by atoms with Crippen molar-refractivity contribution in [2.45, 2.75) is 76.5 Å². The molecule has 0 aromatic carbocycles. The first-order valence-electron chi connectivity index (χ1n) is 11.1. The minimum Gasteiger partial charge on any atom is -0.463 e. The molecule has 0 aliphatic carbocycles. The van der Waals surface area contributed by atoms with Gasteiger partial charge < -0.3 is 24.8 Å². The predicted molar refractivity (Wildman–Crippen MR) is 121 cm³/mol. The molecule has 2 amide bonds. The molecule has 2 aliphatic heterocycles. The number of piperidine rings is 1. The zero-order valence-corrected chi connectivity index (χ0v) is 20.3. The van der Waals surface area contributed by atoms with Crippen molar-refractivity contribution in [3.05, 3.63) is 25.3 Å². The van der Waals surface area contributed by atoms with Crippen LogP contribution in [0, 0.1) is 0 Å². The molecule has 186 valence electrons. The van der Waals surface area contributed by atoms with E-state index in [1.165, 1.54) is 19.1 Å². The number of nitrogens with zero attached hydrogens (tertiary/aromatic N) is 1. The van der Waals surface area contributed by atoms with Crippen molar-refractivity contribution in [1.29, 1.82) is 0 Å². The third-order valence-electron chi connectivity index (χ3n) is 5.42. The van der Waals surface area contributed by atoms with Gasteiger partial charge in [0.15, 0.2) is 5.79 Å². The van der Waals surface area contributed by atoms with Gasteiger partial charge in [0.2, 0.25) is 6.10 Å². The van der Waals surface area contributed by atoms with Gasteiger partial charge in [-0.3, -0.25) is 19.2 Å². The minimum absolute atomic E-state index is 0.118. The number of hydrogen-bond acceptors (Lipinski definition) is 8. The Balaban J connectivity index is 2.21. The highest BCUT2D eigenvalue weighted by molar-refractivity contribution is 6.03. The number of nitrogens with one attached hydrogen (secondary N) is 2. The Bertz CT molecular complexity index is 723. The number of carbonyl (C=O) groups excluding carboxylic acids is 3. The fourth-order valence-electron chi connectivity index (χ4n) is 4.57. The third-order valence-corrected chi connectivity index (χ3v) is 5.42. The van der Waals surface area contributed by atoms with Crippen molar-refractivity contribution < 1.29 is 33.4 Å². The molecule has 2 N–H and O–H groups in total. The predicted octanol–water partition coefficient (Wildman–Crippen LogP) is 1.22. The van der Waals surface area contributed by atoms with E-state index in [1.54, 1.807) is 5.06 Å². The van der Waals surface area contributed by atoms with Crippen molar-refractivity contribution in [2.75, 3.05) is 26.3 Å². The molecule has 2 aliphatic rings. The molecule has 1 atom stereocenters. The summed E-state index contributed by atoms with van der Waals surface area (Å²) in [5.74, 6) is -2.42. The van der Waals surface area contributed by atoms with Gasteiger partial charge in [-0.2, -0.15) is 5.06 Å². The van der Waals surface area contributed by atoms with Crippen molar-refractivity contribution >= 4 is 17.8 Å². The molecule has 1 unspecified atom stereocenters. The molecule has 10 heteroatoms. The fraction of sp³-hybridized carbons (Fsp3) is 0.696. The number of hydroxylamine groups is 2. The standard InChI is InChI=1S/C23H37N3O7/c1-8-10-24-19(28)18(20(29)25-11-9-2)33-26-21(4,5)14-23(15-22(26,6)7)31-13-17(32-23)12-30-16(3)27/h8-9,17-18H,1-2,10-15H2,3-7H3,(H,24,28)(H,25,29). The number of esters is 1. The SMILES string of the molecule is C=CCNC(=O)C(ON1C(C)(C)CC2(CC1(C)C)OCC(COC(C)=O)O2)C(=O)NCC=C. The van der Waals surface area contributed by atoms with E-state index in [-0.39, 0.29) is 31.8 Å². The molecule has 2 fully saturated rings. The van der Waals surface area contributed by atoms with Gasteiger partial charge >= 0.3 is 5.97 Å². The van der Waals surface area contributed by atoms with Gasteiger partial charge in [-0.25, -0.2) is 0 Å². The molecule has 33 heavy (non-hydrogen) atoms. The Morgan fingerprint density at radius 2 is 1.58 bits per heavy atom. The van der Waals surface area contributed by atoms with E-state index in [1.807, 2.05) is 27.7 Å². The van der Waals surface area contributed by atoms with Crippen LogP contribution in [0.3, 0.4) is 0 Å². The van der Waals surface area contributed by atoms with Crippen LogP contribution in [0.2, 0.25) is 0 Å². The molecular weight excluding hydrogens is 430 g/mol. The molecule has 10 nitrogen and oxygen atoms in total. The monoisotopic (exact) mass is 467 g/mol. The first-order valence-corrected chi connectivity index (χ1v) is 11.1. The molecular formula is C23H37N3O7. The highest BCUT2D eigenvalue weighted by Gasteiger charge is 2.58. The maximum absolute atomic E-state index is 12.7. The number of rotatable bonds is 10. The van der Waals surface area contributed by atoms with Gasteiger partial charge in [0.25, 0.3) is 11.8 Å². The maximum Gasteiger partial charge on any atom is 0.302 e. The summed E-state index contributed by atoms with van der Waals surface area (Å²) in [5.41, 5.74) is -1.35. The molecule has 0 radical (unpaired) electrons. The average Bonchev–Trinajstić information content (AvgIpc) is 3.08. The van der Waals surface area contributed by atoms with Crippen molar-refractivity contribution in [3.8, 4) is 0 Å². The van der Waals surface area contributed by atoms with Crippen LogP contribution in [0.5, 0.6) is 0 Å². The third kappa shape index (κ3) is 6.86. The lowest BCUT2D eigenvalue weighted by molar-refractivity contribution is -0.343. The second-order valence-electron chi connectivity index (χ2n) is 9.59. The minimum atomic E-state index is -1.40. The topological polar surface area (TPSA) is 115 Å². The van der Waals surface area contributed by atoms with Crippen LogP contribution in [0.4, 0.5) is 0 Å². The summed E-state index contributed by atoms with van der Waals surface area (Å²) in [6.07, 6.45) is 2.10. The Hall–Kier alpha value is -2.27. The van der Waals surface area contributed by atoms with Crippen molar-refractivity contribution in [3.63, 3.8) is 0 Å². The lowest BCUT2D eigenvalue weighted by atomic mass is 9.78. The van der Waals surface area contributed by atoms with Crippen LogP contribution >= 0.6 is 0 Å². The summed E-state index contributed by atoms with van der Waals surface area (Å²) >= 11 is 0. The molecule has 2 rings (SSSR count). The van der Waals surface area contributed by atoms with Crippen LogP contribution in [-0.2, 0) is 33.4 Å². The van der Waals surface area contributed by atoms with Crippen molar-refractivity contribution in [2.24, 2.45) is 0 Å². The number of carbonyl (C=O) groups is 3. The Morgan fingerprint density at radius 3 is 2.03 bits per heavy atom. The van der Waals surface area contributed by atoms with E-state index in [0.29, 0.717) is 19.4 Å². The molecule has 0 aromatic heterocycles. The lowest BCUT2D eigenvalue weighted by Gasteiger charge is -2.56. The number of amides is 2. The average molecular weight is 468 g/mol. The largest absolute Gasteiger partial charge is 0.463 e. The fourth-order valence-corrected chi connectivity index (χ4v) is 4.57. The zero-order valence-electron chi connectivity index (χ0n) is 20.3. The molecule has 0 saturated carbocycles. The number of hydrogen-bond donors (Lipinski definition) is 2. The highest BCUT2D eigenvalue weighted by atomic mass is 16.8. The lowest BCUT2D eigenvalue weighted by Crippen LogP contribution is -2.67. The molecule has 0 bridgehead atoms. The second-order valence-corrected chi connectivity index (χ2v) is 9.59. The normalized spacial score (nSPS) is 23.2. The Morgan fingerprint density at radius 1 is 1.06 bits per heavy atom. The summed E-state index contributed by atoms with van der Waals surface area (Å²) in [6.45, 7) is 17.1. The smallest absolute Gasteiger partial charge is 0.302 e. The van der Waals surface area contributed by atoms with E-state index in [2.05, 4.69) is 23.8 Å².